The largest absolute Gasteiger partial charge is 0.492 e. The number of hydrogen-bond donors (Lipinski definition) is 1. The van der Waals surface area contributed by atoms with E-state index in [0.717, 1.165) is 0 Å². The van der Waals surface area contributed by atoms with Crippen molar-refractivity contribution in [3.05, 3.63) is 57.5 Å². The Hall–Kier alpha value is -2.34. The lowest BCUT2D eigenvalue weighted by atomic mass is 10.3. The average Bonchev–Trinajstić information content (AvgIpc) is 2.49. The van der Waals surface area contributed by atoms with Crippen LogP contribution in [-0.2, 0) is 0 Å². The number of hydrogen-bond acceptors (Lipinski definition) is 4. The maximum atomic E-state index is 12.0. The van der Waals surface area contributed by atoms with E-state index in [0.29, 0.717) is 23.9 Å². The summed E-state index contributed by atoms with van der Waals surface area (Å²) in [5.41, 5.74) is -0.163. The van der Waals surface area contributed by atoms with Crippen molar-refractivity contribution in [3.63, 3.8) is 0 Å². The van der Waals surface area contributed by atoms with E-state index in [-0.39, 0.29) is 17.2 Å². The first-order valence-electron chi connectivity index (χ1n) is 6.26. The van der Waals surface area contributed by atoms with E-state index in [4.69, 9.17) is 16.3 Å². The van der Waals surface area contributed by atoms with Gasteiger partial charge in [-0.3, -0.25) is 9.59 Å². The molecular formula is C14H14ClN3O3. The third-order valence-electron chi connectivity index (χ3n) is 2.75. The van der Waals surface area contributed by atoms with E-state index < -0.39 is 0 Å². The van der Waals surface area contributed by atoms with Crippen LogP contribution in [0.1, 0.15) is 10.5 Å². The Kier molecular flexibility index (Phi) is 4.94. The Morgan fingerprint density at radius 2 is 2.00 bits per heavy atom. The van der Waals surface area contributed by atoms with Crippen LogP contribution in [-0.4, -0.2) is 41.2 Å². The minimum Gasteiger partial charge on any atom is -0.492 e. The number of carbonyl (C=O) groups is 1. The Morgan fingerprint density at radius 3 is 2.62 bits per heavy atom. The Balaban J connectivity index is 1.85. The summed E-state index contributed by atoms with van der Waals surface area (Å²) < 4.78 is 5.51. The topological polar surface area (TPSA) is 75.3 Å². The van der Waals surface area contributed by atoms with Crippen molar-refractivity contribution >= 4 is 17.5 Å². The molecule has 0 fully saturated rings. The Morgan fingerprint density at radius 1 is 1.29 bits per heavy atom. The lowest BCUT2D eigenvalue weighted by molar-refractivity contribution is 0.0766. The quantitative estimate of drug-likeness (QED) is 0.910. The average molecular weight is 308 g/mol. The van der Waals surface area contributed by atoms with Crippen molar-refractivity contribution in [2.75, 3.05) is 20.2 Å². The summed E-state index contributed by atoms with van der Waals surface area (Å²) in [7, 11) is 1.64. The number of halogens is 1. The second-order valence-electron chi connectivity index (χ2n) is 4.34. The van der Waals surface area contributed by atoms with Crippen LogP contribution in [0.15, 0.2) is 41.2 Å². The number of nitrogens with zero attached hydrogens (tertiary/aromatic N) is 2. The molecular weight excluding hydrogens is 294 g/mol. The molecule has 110 valence electrons. The van der Waals surface area contributed by atoms with Crippen LogP contribution < -0.4 is 10.3 Å². The van der Waals surface area contributed by atoms with Gasteiger partial charge in [-0.2, -0.15) is 5.10 Å². The number of nitrogens with one attached hydrogen (secondary N) is 1. The van der Waals surface area contributed by atoms with Gasteiger partial charge in [0.1, 0.15) is 18.1 Å². The van der Waals surface area contributed by atoms with Gasteiger partial charge in [0.05, 0.1) is 6.54 Å². The predicted molar refractivity (Wildman–Crippen MR) is 78.8 cm³/mol. The third kappa shape index (κ3) is 4.32. The minimum absolute atomic E-state index is 0.184. The summed E-state index contributed by atoms with van der Waals surface area (Å²) in [5.74, 6) is 0.397. The molecule has 6 nitrogen and oxygen atoms in total. The zero-order chi connectivity index (χ0) is 15.2. The summed E-state index contributed by atoms with van der Waals surface area (Å²) >= 11 is 5.78. The number of benzene rings is 1. The predicted octanol–water partition coefficient (Wildman–Crippen LogP) is 1.57. The van der Waals surface area contributed by atoms with Crippen molar-refractivity contribution < 1.29 is 9.53 Å². The molecule has 0 radical (unpaired) electrons. The highest BCUT2D eigenvalue weighted by Crippen LogP contribution is 2.15. The number of aromatic amines is 1. The Labute approximate surface area is 126 Å². The minimum atomic E-state index is -0.347. The fourth-order valence-electron chi connectivity index (χ4n) is 1.59. The monoisotopic (exact) mass is 307 g/mol. The summed E-state index contributed by atoms with van der Waals surface area (Å²) in [6.07, 6.45) is 0. The maximum absolute atomic E-state index is 12.0. The first kappa shape index (κ1) is 15.1. The van der Waals surface area contributed by atoms with Crippen LogP contribution in [0.2, 0.25) is 5.02 Å². The molecule has 0 unspecified atom stereocenters. The van der Waals surface area contributed by atoms with Gasteiger partial charge in [0.15, 0.2) is 0 Å². The van der Waals surface area contributed by atoms with E-state index in [1.54, 1.807) is 31.3 Å². The molecule has 7 heteroatoms. The highest BCUT2D eigenvalue weighted by atomic mass is 35.5. The molecule has 0 saturated heterocycles. The highest BCUT2D eigenvalue weighted by Gasteiger charge is 2.13. The molecule has 0 bridgehead atoms. The van der Waals surface area contributed by atoms with Crippen LogP contribution in [0.3, 0.4) is 0 Å². The van der Waals surface area contributed by atoms with Gasteiger partial charge in [0, 0.05) is 18.1 Å². The molecule has 1 amide bonds. The van der Waals surface area contributed by atoms with E-state index in [2.05, 4.69) is 10.2 Å². The van der Waals surface area contributed by atoms with Crippen molar-refractivity contribution in [1.82, 2.24) is 15.1 Å². The number of ether oxygens (including phenoxy) is 1. The van der Waals surface area contributed by atoms with Gasteiger partial charge in [-0.1, -0.05) is 11.6 Å². The van der Waals surface area contributed by atoms with Crippen LogP contribution in [0, 0.1) is 0 Å². The summed E-state index contributed by atoms with van der Waals surface area (Å²) in [6.45, 7) is 0.732. The third-order valence-corrected chi connectivity index (χ3v) is 3.01. The van der Waals surface area contributed by atoms with Crippen LogP contribution >= 0.6 is 11.6 Å². The van der Waals surface area contributed by atoms with Gasteiger partial charge in [-0.15, -0.1) is 0 Å². The molecule has 0 aliphatic carbocycles. The van der Waals surface area contributed by atoms with Crippen molar-refractivity contribution in [2.24, 2.45) is 0 Å². The smallest absolute Gasteiger partial charge is 0.274 e. The van der Waals surface area contributed by atoms with Crippen LogP contribution in [0.5, 0.6) is 5.75 Å². The van der Waals surface area contributed by atoms with Crippen LogP contribution in [0.25, 0.3) is 0 Å². The number of likely N-dealkylation sites (N-methyl/N-ethyl adjacent to an activating group) is 1. The fraction of sp³-hybridized carbons (Fsp3) is 0.214. The van der Waals surface area contributed by atoms with Crippen molar-refractivity contribution in [2.45, 2.75) is 0 Å². The summed E-state index contributed by atoms with van der Waals surface area (Å²) in [6, 6.07) is 9.63. The number of carbonyl (C=O) groups excluding carboxylic acids is 1. The lowest BCUT2D eigenvalue weighted by Crippen LogP contribution is -2.32. The lowest BCUT2D eigenvalue weighted by Gasteiger charge is -2.16. The van der Waals surface area contributed by atoms with Crippen molar-refractivity contribution in [1.29, 1.82) is 0 Å². The first-order valence-corrected chi connectivity index (χ1v) is 6.63. The molecule has 2 aromatic rings. The van der Waals surface area contributed by atoms with E-state index >= 15 is 0 Å². The number of amides is 1. The van der Waals surface area contributed by atoms with Gasteiger partial charge >= 0.3 is 0 Å². The van der Waals surface area contributed by atoms with Gasteiger partial charge in [-0.05, 0) is 30.3 Å². The zero-order valence-electron chi connectivity index (χ0n) is 11.4. The van der Waals surface area contributed by atoms with E-state index in [1.165, 1.54) is 17.0 Å². The molecule has 0 aliphatic heterocycles. The van der Waals surface area contributed by atoms with E-state index in [9.17, 15) is 9.59 Å². The van der Waals surface area contributed by atoms with Crippen LogP contribution in [0.4, 0.5) is 0 Å². The number of aromatic nitrogens is 2. The summed E-state index contributed by atoms with van der Waals surface area (Å²) in [4.78, 5) is 24.4. The molecule has 0 atom stereocenters. The molecule has 1 aromatic heterocycles. The SMILES string of the molecule is CN(CCOc1ccc(Cl)cc1)C(=O)c1ccc(=O)[nH]n1. The van der Waals surface area contributed by atoms with Gasteiger partial charge in [0.2, 0.25) is 0 Å². The number of H-pyrrole nitrogens is 1. The first-order chi connectivity index (χ1) is 10.1. The second kappa shape index (κ2) is 6.90. The molecule has 0 spiro atoms. The molecule has 1 N–H and O–H groups in total. The Bertz CT molecular complexity index is 649. The normalized spacial score (nSPS) is 10.2. The number of rotatable bonds is 5. The molecule has 0 saturated carbocycles. The fourth-order valence-corrected chi connectivity index (χ4v) is 1.72. The second-order valence-corrected chi connectivity index (χ2v) is 4.77. The molecule has 0 aliphatic rings. The summed E-state index contributed by atoms with van der Waals surface area (Å²) in [5, 5.41) is 6.55. The van der Waals surface area contributed by atoms with E-state index in [1.807, 2.05) is 0 Å². The molecule has 1 heterocycles. The standard InChI is InChI=1S/C14H14ClN3O3/c1-18(14(20)12-6-7-13(19)17-16-12)8-9-21-11-4-2-10(15)3-5-11/h2-7H,8-9H2,1H3,(H,17,19). The molecule has 1 aromatic carbocycles. The highest BCUT2D eigenvalue weighted by molar-refractivity contribution is 6.30. The van der Waals surface area contributed by atoms with Gasteiger partial charge in [-0.25, -0.2) is 5.10 Å². The van der Waals surface area contributed by atoms with Gasteiger partial charge < -0.3 is 9.64 Å². The van der Waals surface area contributed by atoms with Gasteiger partial charge in [0.25, 0.3) is 11.5 Å². The molecule has 21 heavy (non-hydrogen) atoms. The van der Waals surface area contributed by atoms with Crippen molar-refractivity contribution in [3.8, 4) is 5.75 Å². The zero-order valence-corrected chi connectivity index (χ0v) is 12.1. The molecule has 2 rings (SSSR count). The maximum Gasteiger partial charge on any atom is 0.274 e.